The molecule has 18 heavy (non-hydrogen) atoms. The fourth-order valence-corrected chi connectivity index (χ4v) is 3.34. The molecule has 0 aliphatic carbocycles. The van der Waals surface area contributed by atoms with Gasteiger partial charge in [-0.3, -0.25) is 11.3 Å². The van der Waals surface area contributed by atoms with Gasteiger partial charge in [0.05, 0.1) is 11.1 Å². The van der Waals surface area contributed by atoms with Gasteiger partial charge in [0.15, 0.2) is 0 Å². The Bertz CT molecular complexity index is 542. The Morgan fingerprint density at radius 2 is 1.94 bits per heavy atom. The van der Waals surface area contributed by atoms with E-state index in [1.807, 2.05) is 17.5 Å². The number of hydrogen-bond acceptors (Lipinski definition) is 3. The van der Waals surface area contributed by atoms with Gasteiger partial charge in [0, 0.05) is 14.9 Å². The number of hydrogen-bond donors (Lipinski definition) is 2. The average Bonchev–Trinajstić information content (AvgIpc) is 2.77. The van der Waals surface area contributed by atoms with Crippen molar-refractivity contribution in [1.82, 2.24) is 5.43 Å². The van der Waals surface area contributed by atoms with E-state index < -0.39 is 0 Å². The molecule has 3 N–H and O–H groups in total. The van der Waals surface area contributed by atoms with E-state index in [9.17, 15) is 0 Å². The molecule has 2 rings (SSSR count). The van der Waals surface area contributed by atoms with E-state index in [4.69, 9.17) is 40.6 Å². The van der Waals surface area contributed by atoms with Gasteiger partial charge in [0.2, 0.25) is 0 Å². The number of nitrogens with one attached hydrogen (secondary N) is 1. The summed E-state index contributed by atoms with van der Waals surface area (Å²) < 4.78 is 0. The predicted octanol–water partition coefficient (Wildman–Crippen LogP) is 4.46. The number of rotatable bonds is 4. The van der Waals surface area contributed by atoms with Crippen LogP contribution < -0.4 is 11.3 Å². The summed E-state index contributed by atoms with van der Waals surface area (Å²) >= 11 is 19.8. The van der Waals surface area contributed by atoms with Gasteiger partial charge in [-0.05, 0) is 41.6 Å². The number of halogens is 3. The predicted molar refractivity (Wildman–Crippen MR) is 79.6 cm³/mol. The van der Waals surface area contributed by atoms with E-state index in [2.05, 4.69) is 5.43 Å². The van der Waals surface area contributed by atoms with Gasteiger partial charge in [-0.25, -0.2) is 0 Å². The van der Waals surface area contributed by atoms with Gasteiger partial charge in [-0.15, -0.1) is 11.3 Å². The van der Waals surface area contributed by atoms with E-state index in [1.165, 1.54) is 0 Å². The van der Waals surface area contributed by atoms with Crippen LogP contribution in [0.25, 0.3) is 0 Å². The monoisotopic (exact) mass is 320 g/mol. The van der Waals surface area contributed by atoms with E-state index >= 15 is 0 Å². The summed E-state index contributed by atoms with van der Waals surface area (Å²) in [5.74, 6) is 5.59. The molecule has 2 aromatic rings. The zero-order chi connectivity index (χ0) is 13.1. The third kappa shape index (κ3) is 3.18. The van der Waals surface area contributed by atoms with Crippen LogP contribution in [0.4, 0.5) is 0 Å². The van der Waals surface area contributed by atoms with E-state index in [0.29, 0.717) is 21.5 Å². The second kappa shape index (κ2) is 6.24. The Hall–Kier alpha value is -0.290. The highest BCUT2D eigenvalue weighted by atomic mass is 35.5. The molecule has 0 amide bonds. The van der Waals surface area contributed by atoms with E-state index in [0.717, 1.165) is 10.4 Å². The van der Waals surface area contributed by atoms with Crippen LogP contribution in [0.2, 0.25) is 15.1 Å². The Kier molecular flexibility index (Phi) is 4.90. The summed E-state index contributed by atoms with van der Waals surface area (Å²) in [5.41, 5.74) is 3.71. The van der Waals surface area contributed by atoms with Crippen LogP contribution in [0, 0.1) is 0 Å². The number of thiophene rings is 1. The molecule has 1 aromatic heterocycles. The summed E-state index contributed by atoms with van der Waals surface area (Å²) in [6.07, 6.45) is 0.635. The van der Waals surface area contributed by atoms with Crippen LogP contribution in [0.3, 0.4) is 0 Å². The van der Waals surface area contributed by atoms with Crippen molar-refractivity contribution in [1.29, 1.82) is 0 Å². The quantitative estimate of drug-likeness (QED) is 0.644. The first-order chi connectivity index (χ1) is 8.61. The van der Waals surface area contributed by atoms with Crippen molar-refractivity contribution in [3.05, 3.63) is 55.2 Å². The smallest absolute Gasteiger partial charge is 0.0609 e. The minimum atomic E-state index is -0.0755. The van der Waals surface area contributed by atoms with Crippen LogP contribution in [-0.4, -0.2) is 0 Å². The summed E-state index contributed by atoms with van der Waals surface area (Å²) in [6.45, 7) is 0. The average molecular weight is 322 g/mol. The normalized spacial score (nSPS) is 12.7. The molecular weight excluding hydrogens is 311 g/mol. The highest BCUT2D eigenvalue weighted by Gasteiger charge is 2.17. The molecule has 0 bridgehead atoms. The third-order valence-corrected chi connectivity index (χ3v) is 4.67. The van der Waals surface area contributed by atoms with Gasteiger partial charge < -0.3 is 0 Å². The molecule has 1 aromatic carbocycles. The summed E-state index contributed by atoms with van der Waals surface area (Å²) in [6, 6.07) is 7.16. The molecule has 0 spiro atoms. The van der Waals surface area contributed by atoms with E-state index in [-0.39, 0.29) is 6.04 Å². The SMILES string of the molecule is NNC(Cc1cc(Cl)ccc1Cl)c1sccc1Cl. The molecule has 0 aliphatic rings. The standard InChI is InChI=1S/C12H11Cl3N2S/c13-8-1-2-9(14)7(5-8)6-11(17-16)12-10(15)3-4-18-12/h1-5,11,17H,6,16H2. The summed E-state index contributed by atoms with van der Waals surface area (Å²) in [4.78, 5) is 0.996. The van der Waals surface area contributed by atoms with Crippen molar-refractivity contribution < 1.29 is 0 Å². The summed E-state index contributed by atoms with van der Waals surface area (Å²) in [5, 5.41) is 3.97. The number of hydrazine groups is 1. The minimum absolute atomic E-state index is 0.0755. The lowest BCUT2D eigenvalue weighted by molar-refractivity contribution is 0.561. The fraction of sp³-hybridized carbons (Fsp3) is 0.167. The Morgan fingerprint density at radius 1 is 1.17 bits per heavy atom. The molecule has 0 fully saturated rings. The van der Waals surface area contributed by atoms with Crippen LogP contribution >= 0.6 is 46.1 Å². The largest absolute Gasteiger partial charge is 0.271 e. The number of nitrogens with two attached hydrogens (primary N) is 1. The molecular formula is C12H11Cl3N2S. The number of benzene rings is 1. The first-order valence-electron chi connectivity index (χ1n) is 5.24. The Morgan fingerprint density at radius 3 is 2.56 bits per heavy atom. The van der Waals surface area contributed by atoms with Crippen molar-refractivity contribution >= 4 is 46.1 Å². The lowest BCUT2D eigenvalue weighted by atomic mass is 10.1. The van der Waals surface area contributed by atoms with Gasteiger partial charge in [0.1, 0.15) is 0 Å². The second-order valence-electron chi connectivity index (χ2n) is 3.79. The molecule has 0 saturated heterocycles. The molecule has 0 saturated carbocycles. The highest BCUT2D eigenvalue weighted by molar-refractivity contribution is 7.10. The van der Waals surface area contributed by atoms with Crippen molar-refractivity contribution in [2.24, 2.45) is 5.84 Å². The van der Waals surface area contributed by atoms with Gasteiger partial charge in [-0.2, -0.15) is 0 Å². The molecule has 1 unspecified atom stereocenters. The van der Waals surface area contributed by atoms with Gasteiger partial charge in [-0.1, -0.05) is 34.8 Å². The van der Waals surface area contributed by atoms with Crippen molar-refractivity contribution in [3.8, 4) is 0 Å². The highest BCUT2D eigenvalue weighted by Crippen LogP contribution is 2.32. The van der Waals surface area contributed by atoms with Crippen LogP contribution in [0.5, 0.6) is 0 Å². The van der Waals surface area contributed by atoms with Crippen LogP contribution in [0.15, 0.2) is 29.6 Å². The lowest BCUT2D eigenvalue weighted by Crippen LogP contribution is -2.29. The Balaban J connectivity index is 2.26. The molecule has 0 aliphatic heterocycles. The zero-order valence-corrected chi connectivity index (χ0v) is 12.4. The topological polar surface area (TPSA) is 38.0 Å². The second-order valence-corrected chi connectivity index (χ2v) is 5.99. The van der Waals surface area contributed by atoms with Crippen molar-refractivity contribution in [2.45, 2.75) is 12.5 Å². The fourth-order valence-electron chi connectivity index (χ4n) is 1.70. The maximum absolute atomic E-state index is 6.14. The molecule has 96 valence electrons. The lowest BCUT2D eigenvalue weighted by Gasteiger charge is -2.16. The zero-order valence-electron chi connectivity index (χ0n) is 9.29. The Labute approximate surface area is 125 Å². The maximum Gasteiger partial charge on any atom is 0.0609 e. The van der Waals surface area contributed by atoms with Crippen LogP contribution in [-0.2, 0) is 6.42 Å². The first kappa shape index (κ1) is 14.1. The molecule has 1 atom stereocenters. The third-order valence-electron chi connectivity index (χ3n) is 2.59. The van der Waals surface area contributed by atoms with E-state index in [1.54, 1.807) is 23.5 Å². The van der Waals surface area contributed by atoms with Gasteiger partial charge in [0.25, 0.3) is 0 Å². The molecule has 2 nitrogen and oxygen atoms in total. The molecule has 0 radical (unpaired) electrons. The van der Waals surface area contributed by atoms with Crippen LogP contribution in [0.1, 0.15) is 16.5 Å². The maximum atomic E-state index is 6.14. The molecule has 6 heteroatoms. The summed E-state index contributed by atoms with van der Waals surface area (Å²) in [7, 11) is 0. The van der Waals surface area contributed by atoms with Crippen molar-refractivity contribution in [2.75, 3.05) is 0 Å². The first-order valence-corrected chi connectivity index (χ1v) is 7.26. The minimum Gasteiger partial charge on any atom is -0.271 e. The van der Waals surface area contributed by atoms with Gasteiger partial charge >= 0.3 is 0 Å². The molecule has 1 heterocycles. The van der Waals surface area contributed by atoms with Crippen molar-refractivity contribution in [3.63, 3.8) is 0 Å².